The van der Waals surface area contributed by atoms with Crippen molar-refractivity contribution in [2.75, 3.05) is 0 Å². The number of hydrogen-bond donors (Lipinski definition) is 1. The van der Waals surface area contributed by atoms with Gasteiger partial charge in [-0.15, -0.1) is 6.58 Å². The lowest BCUT2D eigenvalue weighted by molar-refractivity contribution is 0.468. The molecule has 1 N–H and O–H groups in total. The van der Waals surface area contributed by atoms with E-state index < -0.39 is 0 Å². The van der Waals surface area contributed by atoms with Crippen molar-refractivity contribution in [3.63, 3.8) is 0 Å². The van der Waals surface area contributed by atoms with Crippen LogP contribution < -0.4 is 0 Å². The van der Waals surface area contributed by atoms with Crippen molar-refractivity contribution < 1.29 is 5.11 Å². The van der Waals surface area contributed by atoms with E-state index in [1.807, 2.05) is 18.2 Å². The molecule has 0 saturated carbocycles. The summed E-state index contributed by atoms with van der Waals surface area (Å²) in [4.78, 5) is 0. The van der Waals surface area contributed by atoms with Gasteiger partial charge in [-0.3, -0.25) is 0 Å². The predicted octanol–water partition coefficient (Wildman–Crippen LogP) is 7.75. The Balaban J connectivity index is 1.93. The quantitative estimate of drug-likeness (QED) is 0.240. The van der Waals surface area contributed by atoms with Crippen LogP contribution in [-0.2, 0) is 12.8 Å². The molecule has 0 fully saturated rings. The summed E-state index contributed by atoms with van der Waals surface area (Å²) in [6, 6.07) is 6.12. The number of aryl methyl sites for hydroxylation is 1. The van der Waals surface area contributed by atoms with Crippen LogP contribution in [0.2, 0.25) is 0 Å². The lowest BCUT2D eigenvalue weighted by Crippen LogP contribution is -1.89. The van der Waals surface area contributed by atoms with Crippen LogP contribution in [0.3, 0.4) is 0 Å². The third kappa shape index (κ3) is 11.1. The highest BCUT2D eigenvalue weighted by atomic mass is 16.3. The van der Waals surface area contributed by atoms with Gasteiger partial charge in [-0.25, -0.2) is 0 Å². The van der Waals surface area contributed by atoms with Crippen molar-refractivity contribution in [3.05, 3.63) is 42.0 Å². The van der Waals surface area contributed by atoms with E-state index in [1.54, 1.807) is 0 Å². The van der Waals surface area contributed by atoms with Crippen LogP contribution in [0, 0.1) is 0 Å². The fourth-order valence-electron chi connectivity index (χ4n) is 3.44. The molecule has 0 spiro atoms. The first-order valence-corrected chi connectivity index (χ1v) is 10.7. The standard InChI is InChI=1S/C24H40O/c1-3-5-6-7-8-9-10-11-12-13-14-15-16-18-22-19-20-23(17-4-2)24(25)21-22/h4,19-21,25H,2-3,5-18H2,1H3. The van der Waals surface area contributed by atoms with Gasteiger partial charge in [0.05, 0.1) is 0 Å². The van der Waals surface area contributed by atoms with E-state index in [4.69, 9.17) is 0 Å². The molecule has 0 saturated heterocycles. The van der Waals surface area contributed by atoms with Crippen molar-refractivity contribution >= 4 is 0 Å². The van der Waals surface area contributed by atoms with Crippen LogP contribution in [0.15, 0.2) is 30.9 Å². The molecule has 1 aromatic carbocycles. The van der Waals surface area contributed by atoms with Crippen molar-refractivity contribution in [3.8, 4) is 5.75 Å². The SMILES string of the molecule is C=CCc1ccc(CCCCCCCCCCCCCCC)cc1O. The van der Waals surface area contributed by atoms with Gasteiger partial charge < -0.3 is 5.11 Å². The second kappa shape index (κ2) is 15.0. The largest absolute Gasteiger partial charge is 0.508 e. The van der Waals surface area contributed by atoms with Crippen molar-refractivity contribution in [1.29, 1.82) is 0 Å². The summed E-state index contributed by atoms with van der Waals surface area (Å²) in [6.45, 7) is 6.01. The maximum Gasteiger partial charge on any atom is 0.119 e. The zero-order chi connectivity index (χ0) is 18.2. The number of phenols is 1. The highest BCUT2D eigenvalue weighted by molar-refractivity contribution is 5.37. The van der Waals surface area contributed by atoms with Gasteiger partial charge in [0.15, 0.2) is 0 Å². The van der Waals surface area contributed by atoms with E-state index in [-0.39, 0.29) is 0 Å². The van der Waals surface area contributed by atoms with Crippen LogP contribution in [0.1, 0.15) is 102 Å². The van der Waals surface area contributed by atoms with E-state index in [0.717, 1.165) is 18.4 Å². The molecular weight excluding hydrogens is 304 g/mol. The maximum atomic E-state index is 9.98. The van der Waals surface area contributed by atoms with Gasteiger partial charge in [0.25, 0.3) is 0 Å². The Morgan fingerprint density at radius 2 is 1.32 bits per heavy atom. The topological polar surface area (TPSA) is 20.2 Å². The fraction of sp³-hybridized carbons (Fsp3) is 0.667. The van der Waals surface area contributed by atoms with Crippen LogP contribution in [0.5, 0.6) is 5.75 Å². The first-order valence-electron chi connectivity index (χ1n) is 10.7. The minimum Gasteiger partial charge on any atom is -0.508 e. The van der Waals surface area contributed by atoms with Gasteiger partial charge in [0, 0.05) is 0 Å². The minimum atomic E-state index is 0.423. The Morgan fingerprint density at radius 1 is 0.800 bits per heavy atom. The van der Waals surface area contributed by atoms with Gasteiger partial charge in [0.2, 0.25) is 0 Å². The van der Waals surface area contributed by atoms with Gasteiger partial charge >= 0.3 is 0 Å². The molecule has 142 valence electrons. The fourth-order valence-corrected chi connectivity index (χ4v) is 3.44. The highest BCUT2D eigenvalue weighted by Gasteiger charge is 2.01. The smallest absolute Gasteiger partial charge is 0.119 e. The molecule has 0 heterocycles. The second-order valence-corrected chi connectivity index (χ2v) is 7.45. The number of benzene rings is 1. The summed E-state index contributed by atoms with van der Waals surface area (Å²) in [5, 5.41) is 9.98. The van der Waals surface area contributed by atoms with Crippen LogP contribution in [0.4, 0.5) is 0 Å². The predicted molar refractivity (Wildman–Crippen MR) is 111 cm³/mol. The Hall–Kier alpha value is -1.24. The van der Waals surface area contributed by atoms with E-state index >= 15 is 0 Å². The lowest BCUT2D eigenvalue weighted by Gasteiger charge is -2.06. The Bertz CT molecular complexity index is 449. The maximum absolute atomic E-state index is 9.98. The van der Waals surface area contributed by atoms with E-state index in [0.29, 0.717) is 5.75 Å². The molecule has 0 aliphatic heterocycles. The molecular formula is C24H40O. The monoisotopic (exact) mass is 344 g/mol. The zero-order valence-corrected chi connectivity index (χ0v) is 16.6. The van der Waals surface area contributed by atoms with Crippen LogP contribution in [0.25, 0.3) is 0 Å². The zero-order valence-electron chi connectivity index (χ0n) is 16.6. The molecule has 1 rings (SSSR count). The third-order valence-electron chi connectivity index (χ3n) is 5.08. The number of phenolic OH excluding ortho intramolecular Hbond substituents is 1. The summed E-state index contributed by atoms with van der Waals surface area (Å²) in [6.07, 6.45) is 21.7. The number of rotatable bonds is 16. The van der Waals surface area contributed by atoms with Crippen molar-refractivity contribution in [1.82, 2.24) is 0 Å². The second-order valence-electron chi connectivity index (χ2n) is 7.45. The molecule has 0 aliphatic rings. The third-order valence-corrected chi connectivity index (χ3v) is 5.08. The average molecular weight is 345 g/mol. The van der Waals surface area contributed by atoms with Gasteiger partial charge in [-0.05, 0) is 36.5 Å². The number of hydrogen-bond acceptors (Lipinski definition) is 1. The molecule has 0 unspecified atom stereocenters. The molecule has 0 bridgehead atoms. The first-order chi connectivity index (χ1) is 12.3. The highest BCUT2D eigenvalue weighted by Crippen LogP contribution is 2.21. The lowest BCUT2D eigenvalue weighted by atomic mass is 10.0. The molecule has 0 aliphatic carbocycles. The van der Waals surface area contributed by atoms with Gasteiger partial charge in [0.1, 0.15) is 5.75 Å². The number of allylic oxidation sites excluding steroid dienone is 1. The molecule has 25 heavy (non-hydrogen) atoms. The molecule has 1 heteroatoms. The molecule has 1 aromatic rings. The number of unbranched alkanes of at least 4 members (excludes halogenated alkanes) is 12. The number of aromatic hydroxyl groups is 1. The van der Waals surface area contributed by atoms with E-state index in [1.165, 1.54) is 89.0 Å². The molecule has 0 atom stereocenters. The summed E-state index contributed by atoms with van der Waals surface area (Å²) in [5.41, 5.74) is 2.23. The summed E-state index contributed by atoms with van der Waals surface area (Å²) in [5.74, 6) is 0.423. The van der Waals surface area contributed by atoms with E-state index in [2.05, 4.69) is 19.6 Å². The Kier molecular flexibility index (Phi) is 13.1. The normalized spacial score (nSPS) is 10.9. The summed E-state index contributed by atoms with van der Waals surface area (Å²) < 4.78 is 0. The molecule has 1 nitrogen and oxygen atoms in total. The Labute approximate surface area is 156 Å². The summed E-state index contributed by atoms with van der Waals surface area (Å²) >= 11 is 0. The van der Waals surface area contributed by atoms with Crippen LogP contribution in [-0.4, -0.2) is 5.11 Å². The minimum absolute atomic E-state index is 0.423. The van der Waals surface area contributed by atoms with Crippen molar-refractivity contribution in [2.24, 2.45) is 0 Å². The first kappa shape index (κ1) is 21.8. The molecule has 0 radical (unpaired) electrons. The van der Waals surface area contributed by atoms with Crippen LogP contribution >= 0.6 is 0 Å². The Morgan fingerprint density at radius 3 is 1.80 bits per heavy atom. The molecule has 0 aromatic heterocycles. The average Bonchev–Trinajstić information content (AvgIpc) is 2.61. The van der Waals surface area contributed by atoms with Gasteiger partial charge in [-0.2, -0.15) is 0 Å². The molecule has 0 amide bonds. The van der Waals surface area contributed by atoms with E-state index in [9.17, 15) is 5.11 Å². The van der Waals surface area contributed by atoms with Crippen molar-refractivity contribution in [2.45, 2.75) is 103 Å². The summed E-state index contributed by atoms with van der Waals surface area (Å²) in [7, 11) is 0. The van der Waals surface area contributed by atoms with Gasteiger partial charge in [-0.1, -0.05) is 102 Å².